The molecule has 7 heteroatoms. The van der Waals surface area contributed by atoms with Gasteiger partial charge in [-0.3, -0.25) is 14.0 Å². The number of imidazole rings is 1. The molecule has 0 atom stereocenters. The van der Waals surface area contributed by atoms with Crippen LogP contribution in [0.15, 0.2) is 48.7 Å². The van der Waals surface area contributed by atoms with Crippen molar-refractivity contribution < 1.29 is 14.3 Å². The molecule has 0 radical (unpaired) electrons. The Morgan fingerprint density at radius 2 is 1.93 bits per heavy atom. The van der Waals surface area contributed by atoms with Gasteiger partial charge < -0.3 is 15.4 Å². The molecule has 1 aromatic carbocycles. The Morgan fingerprint density at radius 3 is 2.71 bits per heavy atom. The Hall–Kier alpha value is -3.35. The summed E-state index contributed by atoms with van der Waals surface area (Å²) in [6.45, 7) is 0. The molecule has 144 valence electrons. The number of methoxy groups -OCH3 is 1. The predicted molar refractivity (Wildman–Crippen MR) is 106 cm³/mol. The van der Waals surface area contributed by atoms with Crippen molar-refractivity contribution in [2.75, 3.05) is 12.4 Å². The van der Waals surface area contributed by atoms with Crippen LogP contribution in [-0.2, 0) is 0 Å². The van der Waals surface area contributed by atoms with Gasteiger partial charge in [-0.1, -0.05) is 25.0 Å². The Morgan fingerprint density at radius 1 is 1.11 bits per heavy atom. The van der Waals surface area contributed by atoms with Gasteiger partial charge in [-0.2, -0.15) is 0 Å². The summed E-state index contributed by atoms with van der Waals surface area (Å²) in [6.07, 6.45) is 5.96. The topological polar surface area (TPSA) is 84.7 Å². The monoisotopic (exact) mass is 378 g/mol. The molecule has 1 saturated carbocycles. The third kappa shape index (κ3) is 3.55. The van der Waals surface area contributed by atoms with Gasteiger partial charge >= 0.3 is 0 Å². The second-order valence-electron chi connectivity index (χ2n) is 6.88. The van der Waals surface area contributed by atoms with Crippen molar-refractivity contribution in [3.63, 3.8) is 0 Å². The summed E-state index contributed by atoms with van der Waals surface area (Å²) >= 11 is 0. The van der Waals surface area contributed by atoms with Crippen LogP contribution < -0.4 is 15.4 Å². The highest BCUT2D eigenvalue weighted by atomic mass is 16.5. The number of rotatable bonds is 5. The van der Waals surface area contributed by atoms with Crippen LogP contribution in [0.25, 0.3) is 5.52 Å². The van der Waals surface area contributed by atoms with Gasteiger partial charge in [-0.25, -0.2) is 4.98 Å². The second-order valence-corrected chi connectivity index (χ2v) is 6.88. The van der Waals surface area contributed by atoms with E-state index in [-0.39, 0.29) is 23.5 Å². The Balaban J connectivity index is 1.63. The van der Waals surface area contributed by atoms with Crippen LogP contribution in [0.1, 0.15) is 46.8 Å². The largest absolute Gasteiger partial charge is 0.497 e. The molecule has 4 rings (SSSR count). The van der Waals surface area contributed by atoms with E-state index >= 15 is 0 Å². The van der Waals surface area contributed by atoms with Crippen molar-refractivity contribution >= 4 is 23.0 Å². The highest BCUT2D eigenvalue weighted by Crippen LogP contribution is 2.21. The average molecular weight is 378 g/mol. The molecule has 0 spiro atoms. The van der Waals surface area contributed by atoms with Crippen LogP contribution in [0.2, 0.25) is 0 Å². The summed E-state index contributed by atoms with van der Waals surface area (Å²) in [7, 11) is 1.57. The van der Waals surface area contributed by atoms with Crippen molar-refractivity contribution in [1.82, 2.24) is 14.7 Å². The van der Waals surface area contributed by atoms with Gasteiger partial charge in [0, 0.05) is 24.0 Å². The quantitative estimate of drug-likeness (QED) is 0.714. The fourth-order valence-electron chi connectivity index (χ4n) is 3.58. The number of carbonyl (C=O) groups is 2. The average Bonchev–Trinajstić information content (AvgIpc) is 3.35. The van der Waals surface area contributed by atoms with E-state index < -0.39 is 5.91 Å². The van der Waals surface area contributed by atoms with E-state index in [1.54, 1.807) is 54.1 Å². The minimum Gasteiger partial charge on any atom is -0.497 e. The molecule has 1 aliphatic carbocycles. The standard InChI is InChI=1S/C21H22N4O3/c1-28-16-10-6-9-15(13-16)23-21(27)19-24-18(17-11-4-5-12-25(17)19)20(26)22-14-7-2-3-8-14/h4-6,9-14H,2-3,7-8H2,1H3,(H,22,26)(H,23,27). The van der Waals surface area contributed by atoms with Crippen molar-refractivity contribution in [3.05, 3.63) is 60.2 Å². The van der Waals surface area contributed by atoms with Crippen molar-refractivity contribution in [3.8, 4) is 5.75 Å². The smallest absolute Gasteiger partial charge is 0.292 e. The van der Waals surface area contributed by atoms with Crippen LogP contribution in [0.4, 0.5) is 5.69 Å². The number of pyridine rings is 1. The molecule has 0 aliphatic heterocycles. The van der Waals surface area contributed by atoms with Crippen LogP contribution in [0.5, 0.6) is 5.75 Å². The number of carbonyl (C=O) groups excluding carboxylic acids is 2. The lowest BCUT2D eigenvalue weighted by molar-refractivity contribution is 0.0935. The third-order valence-corrected chi connectivity index (χ3v) is 4.98. The first kappa shape index (κ1) is 18.0. The minimum absolute atomic E-state index is 0.162. The number of anilines is 1. The summed E-state index contributed by atoms with van der Waals surface area (Å²) in [5, 5.41) is 5.86. The van der Waals surface area contributed by atoms with E-state index in [9.17, 15) is 9.59 Å². The summed E-state index contributed by atoms with van der Waals surface area (Å²) in [5.74, 6) is 0.169. The molecule has 1 fully saturated rings. The Bertz CT molecular complexity index is 1020. The minimum atomic E-state index is -0.394. The molecule has 2 N–H and O–H groups in total. The van der Waals surface area contributed by atoms with Crippen LogP contribution in [-0.4, -0.2) is 34.4 Å². The summed E-state index contributed by atoms with van der Waals surface area (Å²) in [4.78, 5) is 30.0. The number of benzene rings is 1. The van der Waals surface area contributed by atoms with E-state index in [4.69, 9.17) is 4.74 Å². The van der Waals surface area contributed by atoms with Crippen LogP contribution >= 0.6 is 0 Å². The van der Waals surface area contributed by atoms with Crippen molar-refractivity contribution in [1.29, 1.82) is 0 Å². The molecule has 28 heavy (non-hydrogen) atoms. The fraction of sp³-hybridized carbons (Fsp3) is 0.286. The number of aromatic nitrogens is 2. The summed E-state index contributed by atoms with van der Waals surface area (Å²) in [6, 6.07) is 12.7. The van der Waals surface area contributed by atoms with Gasteiger partial charge in [0.15, 0.2) is 5.69 Å². The van der Waals surface area contributed by atoms with E-state index in [1.807, 2.05) is 6.07 Å². The second kappa shape index (κ2) is 7.72. The molecule has 2 amide bonds. The van der Waals surface area contributed by atoms with E-state index in [2.05, 4.69) is 15.6 Å². The summed E-state index contributed by atoms with van der Waals surface area (Å²) < 4.78 is 6.82. The SMILES string of the molecule is COc1cccc(NC(=O)c2nc(C(=O)NC3CCCC3)c3ccccn23)c1. The number of hydrogen-bond acceptors (Lipinski definition) is 4. The Labute approximate surface area is 162 Å². The highest BCUT2D eigenvalue weighted by Gasteiger charge is 2.24. The predicted octanol–water partition coefficient (Wildman–Crippen LogP) is 3.27. The van der Waals surface area contributed by atoms with E-state index in [0.717, 1.165) is 25.7 Å². The molecule has 7 nitrogen and oxygen atoms in total. The molecular weight excluding hydrogens is 356 g/mol. The van der Waals surface area contributed by atoms with Crippen LogP contribution in [0, 0.1) is 0 Å². The van der Waals surface area contributed by atoms with Gasteiger partial charge in [0.2, 0.25) is 5.82 Å². The van der Waals surface area contributed by atoms with E-state index in [0.29, 0.717) is 17.0 Å². The first-order valence-electron chi connectivity index (χ1n) is 9.39. The van der Waals surface area contributed by atoms with Crippen molar-refractivity contribution in [2.45, 2.75) is 31.7 Å². The molecule has 0 saturated heterocycles. The van der Waals surface area contributed by atoms with Gasteiger partial charge in [-0.05, 0) is 37.1 Å². The number of ether oxygens (including phenoxy) is 1. The maximum atomic E-state index is 12.8. The first-order valence-corrected chi connectivity index (χ1v) is 9.39. The molecule has 3 aromatic rings. The zero-order valence-corrected chi connectivity index (χ0v) is 15.6. The lowest BCUT2D eigenvalue weighted by Crippen LogP contribution is -2.33. The normalized spacial score (nSPS) is 14.2. The number of fused-ring (bicyclic) bond motifs is 1. The third-order valence-electron chi connectivity index (χ3n) is 4.98. The zero-order chi connectivity index (χ0) is 19.5. The molecule has 2 heterocycles. The summed E-state index contributed by atoms with van der Waals surface area (Å²) in [5.41, 5.74) is 1.46. The number of amides is 2. The zero-order valence-electron chi connectivity index (χ0n) is 15.6. The van der Waals surface area contributed by atoms with Gasteiger partial charge in [0.25, 0.3) is 11.8 Å². The highest BCUT2D eigenvalue weighted by molar-refractivity contribution is 6.06. The number of hydrogen-bond donors (Lipinski definition) is 2. The van der Waals surface area contributed by atoms with Gasteiger partial charge in [0.1, 0.15) is 5.75 Å². The molecule has 1 aliphatic rings. The lowest BCUT2D eigenvalue weighted by Gasteiger charge is -2.10. The maximum Gasteiger partial charge on any atom is 0.292 e. The first-order chi connectivity index (χ1) is 13.7. The lowest BCUT2D eigenvalue weighted by atomic mass is 10.2. The van der Waals surface area contributed by atoms with Gasteiger partial charge in [-0.15, -0.1) is 0 Å². The fourth-order valence-corrected chi connectivity index (χ4v) is 3.58. The van der Waals surface area contributed by atoms with Gasteiger partial charge in [0.05, 0.1) is 12.6 Å². The molecule has 2 aromatic heterocycles. The molecule has 0 unspecified atom stereocenters. The van der Waals surface area contributed by atoms with E-state index in [1.165, 1.54) is 0 Å². The molecule has 0 bridgehead atoms. The Kier molecular flexibility index (Phi) is 4.97. The van der Waals surface area contributed by atoms with Crippen molar-refractivity contribution in [2.24, 2.45) is 0 Å². The van der Waals surface area contributed by atoms with Crippen LogP contribution in [0.3, 0.4) is 0 Å². The number of nitrogens with one attached hydrogen (secondary N) is 2. The number of nitrogens with zero attached hydrogens (tertiary/aromatic N) is 2. The maximum absolute atomic E-state index is 12.8. The molecular formula is C21H22N4O3.